The molecule has 0 fully saturated rings. The fourth-order valence-corrected chi connectivity index (χ4v) is 4.51. The lowest BCUT2D eigenvalue weighted by Crippen LogP contribution is -2.37. The Morgan fingerprint density at radius 2 is 1.48 bits per heavy atom. The number of amides is 1. The summed E-state index contributed by atoms with van der Waals surface area (Å²) in [6, 6.07) is 0. The van der Waals surface area contributed by atoms with Crippen LogP contribution in [0, 0.1) is 0 Å². The second-order valence-electron chi connectivity index (χ2n) is 5.08. The predicted molar refractivity (Wildman–Crippen MR) is 93.0 cm³/mol. The second kappa shape index (κ2) is 13.3. The topological polar surface area (TPSA) is 57.6 Å². The zero-order chi connectivity index (χ0) is 16.1. The first-order chi connectivity index (χ1) is 10.0. The van der Waals surface area contributed by atoms with E-state index in [0.29, 0.717) is 0 Å². The minimum absolute atomic E-state index is 0.0691. The maximum atomic E-state index is 12.3. The molecule has 0 aromatic carbocycles. The van der Waals surface area contributed by atoms with Crippen LogP contribution in [0.1, 0.15) is 52.4 Å². The first-order valence-electron chi connectivity index (χ1n) is 7.72. The van der Waals surface area contributed by atoms with Crippen LogP contribution in [0.3, 0.4) is 0 Å². The monoisotopic (exact) mass is 335 g/mol. The van der Waals surface area contributed by atoms with Gasteiger partial charge in [0, 0.05) is 7.05 Å². The molecular weight excluding hydrogens is 306 g/mol. The number of rotatable bonds is 13. The fraction of sp³-hybridized carbons (Fsp3) is 0.867. The van der Waals surface area contributed by atoms with Crippen LogP contribution in [-0.2, 0) is 9.59 Å². The van der Waals surface area contributed by atoms with Gasteiger partial charge < -0.3 is 10.0 Å². The first kappa shape index (κ1) is 20.6. The van der Waals surface area contributed by atoms with Gasteiger partial charge in [0.25, 0.3) is 0 Å². The van der Waals surface area contributed by atoms with E-state index in [2.05, 4.69) is 13.8 Å². The van der Waals surface area contributed by atoms with E-state index in [1.54, 1.807) is 30.6 Å². The minimum Gasteiger partial charge on any atom is -0.480 e. The van der Waals surface area contributed by atoms with Crippen LogP contribution in [0.15, 0.2) is 0 Å². The molecule has 0 saturated heterocycles. The Morgan fingerprint density at radius 3 is 1.86 bits per heavy atom. The molecule has 6 heteroatoms. The van der Waals surface area contributed by atoms with Gasteiger partial charge in [-0.05, 0) is 24.3 Å². The summed E-state index contributed by atoms with van der Waals surface area (Å²) in [4.78, 5) is 24.4. The van der Waals surface area contributed by atoms with Crippen molar-refractivity contribution in [3.63, 3.8) is 0 Å². The number of thioether (sulfide) groups is 2. The zero-order valence-electron chi connectivity index (χ0n) is 13.5. The number of aliphatic carboxylic acids is 1. The maximum absolute atomic E-state index is 12.3. The molecule has 0 rings (SSSR count). The fourth-order valence-electron chi connectivity index (χ4n) is 1.74. The third kappa shape index (κ3) is 10.9. The third-order valence-corrected chi connectivity index (χ3v) is 5.86. The minimum atomic E-state index is -0.962. The van der Waals surface area contributed by atoms with E-state index in [1.165, 1.54) is 30.6 Å². The molecule has 0 aromatic rings. The van der Waals surface area contributed by atoms with Gasteiger partial charge in [0.2, 0.25) is 5.91 Å². The molecule has 0 aliphatic rings. The third-order valence-electron chi connectivity index (χ3n) is 2.98. The molecule has 0 radical (unpaired) electrons. The quantitative estimate of drug-likeness (QED) is 0.411. The molecule has 0 spiro atoms. The van der Waals surface area contributed by atoms with Crippen LogP contribution in [0.25, 0.3) is 0 Å². The molecule has 1 amide bonds. The number of unbranched alkanes of at least 4 members (excludes halogenated alkanes) is 4. The summed E-state index contributed by atoms with van der Waals surface area (Å²) in [5.74, 6) is 0.898. The van der Waals surface area contributed by atoms with Gasteiger partial charge in [-0.25, -0.2) is 0 Å². The lowest BCUT2D eigenvalue weighted by atomic mass is 10.3. The highest BCUT2D eigenvalue weighted by molar-refractivity contribution is 8.18. The van der Waals surface area contributed by atoms with Gasteiger partial charge in [0.15, 0.2) is 0 Å². The van der Waals surface area contributed by atoms with E-state index in [1.807, 2.05) is 0 Å². The summed E-state index contributed by atoms with van der Waals surface area (Å²) in [5, 5.41) is 8.80. The molecule has 0 aliphatic heterocycles. The summed E-state index contributed by atoms with van der Waals surface area (Å²) in [5.41, 5.74) is 0. The Balaban J connectivity index is 4.32. The Hall–Kier alpha value is -0.360. The van der Waals surface area contributed by atoms with Crippen LogP contribution in [-0.4, -0.2) is 51.6 Å². The molecular formula is C15H29NO3S2. The highest BCUT2D eigenvalue weighted by Crippen LogP contribution is 2.27. The first-order valence-corrected chi connectivity index (χ1v) is 9.82. The molecule has 0 aromatic heterocycles. The molecule has 0 bridgehead atoms. The Morgan fingerprint density at radius 1 is 1.00 bits per heavy atom. The van der Waals surface area contributed by atoms with Gasteiger partial charge in [0.05, 0.1) is 0 Å². The summed E-state index contributed by atoms with van der Waals surface area (Å²) in [6.07, 6.45) is 6.93. The van der Waals surface area contributed by atoms with Gasteiger partial charge in [-0.3, -0.25) is 9.59 Å². The molecule has 124 valence electrons. The second-order valence-corrected chi connectivity index (χ2v) is 7.80. The van der Waals surface area contributed by atoms with Crippen LogP contribution >= 0.6 is 23.5 Å². The maximum Gasteiger partial charge on any atom is 0.323 e. The van der Waals surface area contributed by atoms with Crippen LogP contribution in [0.2, 0.25) is 0 Å². The largest absolute Gasteiger partial charge is 0.480 e. The van der Waals surface area contributed by atoms with Gasteiger partial charge in [-0.2, -0.15) is 0 Å². The van der Waals surface area contributed by atoms with Crippen molar-refractivity contribution in [1.82, 2.24) is 4.90 Å². The van der Waals surface area contributed by atoms with E-state index in [0.717, 1.165) is 24.3 Å². The normalized spacial score (nSPS) is 10.9. The number of carboxylic acids is 1. The van der Waals surface area contributed by atoms with E-state index < -0.39 is 5.97 Å². The zero-order valence-corrected chi connectivity index (χ0v) is 15.1. The number of carbonyl (C=O) groups excluding carboxylic acids is 1. The van der Waals surface area contributed by atoms with Crippen LogP contribution in [0.4, 0.5) is 0 Å². The highest BCUT2D eigenvalue weighted by atomic mass is 32.2. The molecule has 0 heterocycles. The summed E-state index contributed by atoms with van der Waals surface area (Å²) < 4.78 is -0.164. The van der Waals surface area contributed by atoms with Crippen molar-refractivity contribution in [2.45, 2.75) is 57.0 Å². The number of carboxylic acid groups (broad SMARTS) is 1. The van der Waals surface area contributed by atoms with Gasteiger partial charge in [-0.1, -0.05) is 39.5 Å². The molecule has 0 unspecified atom stereocenters. The average molecular weight is 336 g/mol. The van der Waals surface area contributed by atoms with Crippen molar-refractivity contribution in [2.24, 2.45) is 0 Å². The summed E-state index contributed by atoms with van der Waals surface area (Å²) in [6.45, 7) is 4.10. The number of likely N-dealkylation sites (N-methyl/N-ethyl adjacent to an activating group) is 1. The predicted octanol–water partition coefficient (Wildman–Crippen LogP) is 3.70. The lowest BCUT2D eigenvalue weighted by Gasteiger charge is -2.22. The standard InChI is InChI=1S/C15H29NO3S2/c1-4-6-8-10-20-15(21-11-9-7-5-2)14(19)16(3)12-13(17)18/h15H,4-12H2,1-3H3,(H,17,18). The molecule has 1 N–H and O–H groups in total. The van der Waals surface area contributed by atoms with Crippen molar-refractivity contribution in [2.75, 3.05) is 25.1 Å². The number of hydrogen-bond acceptors (Lipinski definition) is 4. The number of nitrogens with zero attached hydrogens (tertiary/aromatic N) is 1. The van der Waals surface area contributed by atoms with Crippen molar-refractivity contribution in [3.05, 3.63) is 0 Å². The Bertz CT molecular complexity index is 289. The van der Waals surface area contributed by atoms with E-state index >= 15 is 0 Å². The SMILES string of the molecule is CCCCCSC(SCCCCC)C(=O)N(C)CC(=O)O. The van der Waals surface area contributed by atoms with E-state index in [9.17, 15) is 9.59 Å². The van der Waals surface area contributed by atoms with Crippen LogP contribution in [0.5, 0.6) is 0 Å². The lowest BCUT2D eigenvalue weighted by molar-refractivity contribution is -0.142. The van der Waals surface area contributed by atoms with E-state index in [4.69, 9.17) is 5.11 Å². The van der Waals surface area contributed by atoms with Gasteiger partial charge >= 0.3 is 5.97 Å². The molecule has 0 saturated carbocycles. The summed E-state index contributed by atoms with van der Waals surface area (Å²) in [7, 11) is 1.57. The Labute approximate surface area is 137 Å². The van der Waals surface area contributed by atoms with Crippen LogP contribution < -0.4 is 0 Å². The highest BCUT2D eigenvalue weighted by Gasteiger charge is 2.23. The molecule has 4 nitrogen and oxygen atoms in total. The average Bonchev–Trinajstić information content (AvgIpc) is 2.44. The Kier molecular flexibility index (Phi) is 13.1. The number of carbonyl (C=O) groups is 2. The molecule has 21 heavy (non-hydrogen) atoms. The summed E-state index contributed by atoms with van der Waals surface area (Å²) >= 11 is 3.32. The smallest absolute Gasteiger partial charge is 0.323 e. The van der Waals surface area contributed by atoms with Crippen molar-refractivity contribution < 1.29 is 14.7 Å². The number of hydrogen-bond donors (Lipinski definition) is 1. The molecule has 0 aliphatic carbocycles. The van der Waals surface area contributed by atoms with E-state index in [-0.39, 0.29) is 17.0 Å². The van der Waals surface area contributed by atoms with Gasteiger partial charge in [0.1, 0.15) is 11.1 Å². The van der Waals surface area contributed by atoms with Crippen molar-refractivity contribution >= 4 is 35.4 Å². The van der Waals surface area contributed by atoms with Crippen molar-refractivity contribution in [1.29, 1.82) is 0 Å². The molecule has 0 atom stereocenters. The van der Waals surface area contributed by atoms with Gasteiger partial charge in [-0.15, -0.1) is 23.5 Å². The van der Waals surface area contributed by atoms with Crippen molar-refractivity contribution in [3.8, 4) is 0 Å².